The molecule has 0 unspecified atom stereocenters. The van der Waals surface area contributed by atoms with E-state index in [1.165, 1.54) is 24.9 Å². The van der Waals surface area contributed by atoms with E-state index in [1.807, 2.05) is 6.92 Å². The Labute approximate surface area is 123 Å². The Morgan fingerprint density at radius 1 is 1.60 bits per heavy atom. The average Bonchev–Trinajstić information content (AvgIpc) is 2.69. The van der Waals surface area contributed by atoms with Crippen LogP contribution in [0.3, 0.4) is 0 Å². The summed E-state index contributed by atoms with van der Waals surface area (Å²) in [5, 5.41) is -0.339. The van der Waals surface area contributed by atoms with E-state index in [0.29, 0.717) is 12.8 Å². The number of rotatable bonds is 6. The van der Waals surface area contributed by atoms with Crippen LogP contribution in [0.4, 0.5) is 0 Å². The lowest BCUT2D eigenvalue weighted by atomic mass is 9.98. The van der Waals surface area contributed by atoms with Crippen molar-refractivity contribution in [1.29, 1.82) is 0 Å². The Balaban J connectivity index is 3.16. The lowest BCUT2D eigenvalue weighted by Gasteiger charge is -2.26. The predicted molar refractivity (Wildman–Crippen MR) is 73.9 cm³/mol. The van der Waals surface area contributed by atoms with E-state index < -0.39 is 21.5 Å². The number of methoxy groups -OCH3 is 1. The maximum atomic E-state index is 12.3. The highest BCUT2D eigenvalue weighted by Crippen LogP contribution is 2.22. The Kier molecular flexibility index (Phi) is 5.17. The zero-order chi connectivity index (χ0) is 15.6. The summed E-state index contributed by atoms with van der Waals surface area (Å²) in [4.78, 5) is 15.6. The second-order valence-corrected chi connectivity index (χ2v) is 6.59. The van der Waals surface area contributed by atoms with Crippen molar-refractivity contribution in [2.75, 3.05) is 7.11 Å². The minimum absolute atomic E-state index is 0.0267. The normalized spacial score (nSPS) is 14.8. The van der Waals surface area contributed by atoms with E-state index >= 15 is 0 Å². The zero-order valence-corrected chi connectivity index (χ0v) is 13.4. The van der Waals surface area contributed by atoms with Gasteiger partial charge in [-0.05, 0) is 13.3 Å². The van der Waals surface area contributed by atoms with Gasteiger partial charge in [0.1, 0.15) is 10.7 Å². The molecule has 0 saturated heterocycles. The third-order valence-electron chi connectivity index (χ3n) is 2.83. The van der Waals surface area contributed by atoms with Crippen molar-refractivity contribution in [3.63, 3.8) is 0 Å². The second kappa shape index (κ2) is 6.11. The quantitative estimate of drug-likeness (QED) is 0.791. The van der Waals surface area contributed by atoms with Gasteiger partial charge in [0.2, 0.25) is 5.03 Å². The molecule has 0 amide bonds. The topological polar surface area (TPSA) is 90.3 Å². The molecule has 1 heterocycles. The van der Waals surface area contributed by atoms with Gasteiger partial charge in [-0.2, -0.15) is 4.72 Å². The van der Waals surface area contributed by atoms with Crippen LogP contribution in [0.25, 0.3) is 0 Å². The maximum absolute atomic E-state index is 12.3. The zero-order valence-electron chi connectivity index (χ0n) is 11.8. The molecular weight excluding hydrogens is 306 g/mol. The second-order valence-electron chi connectivity index (χ2n) is 4.63. The van der Waals surface area contributed by atoms with Gasteiger partial charge < -0.3 is 9.30 Å². The fourth-order valence-electron chi connectivity index (χ4n) is 1.84. The van der Waals surface area contributed by atoms with Crippen molar-refractivity contribution in [2.24, 2.45) is 7.05 Å². The van der Waals surface area contributed by atoms with Gasteiger partial charge >= 0.3 is 5.97 Å². The summed E-state index contributed by atoms with van der Waals surface area (Å²) >= 11 is 5.88. The van der Waals surface area contributed by atoms with Gasteiger partial charge in [0.25, 0.3) is 10.0 Å². The smallest absolute Gasteiger partial charge is 0.326 e. The van der Waals surface area contributed by atoms with Gasteiger partial charge in [-0.1, -0.05) is 24.9 Å². The number of aromatic nitrogens is 2. The number of nitrogens with zero attached hydrogens (tertiary/aromatic N) is 2. The number of hydrogen-bond acceptors (Lipinski definition) is 5. The Hall–Kier alpha value is -1.12. The van der Waals surface area contributed by atoms with Crippen LogP contribution in [0.2, 0.25) is 5.15 Å². The van der Waals surface area contributed by atoms with E-state index in [4.69, 9.17) is 11.6 Å². The highest BCUT2D eigenvalue weighted by molar-refractivity contribution is 7.89. The number of ether oxygens (including phenoxy) is 1. The molecule has 0 saturated carbocycles. The van der Waals surface area contributed by atoms with E-state index in [0.717, 1.165) is 0 Å². The van der Waals surface area contributed by atoms with Gasteiger partial charge in [-0.15, -0.1) is 0 Å². The minimum Gasteiger partial charge on any atom is -0.468 e. The molecule has 1 aromatic rings. The third-order valence-corrected chi connectivity index (χ3v) is 4.92. The van der Waals surface area contributed by atoms with Crippen LogP contribution >= 0.6 is 11.6 Å². The van der Waals surface area contributed by atoms with Crippen LogP contribution in [-0.2, 0) is 26.6 Å². The number of nitrogens with one attached hydrogen (secondary N) is 1. The molecule has 1 aromatic heterocycles. The minimum atomic E-state index is -4.02. The highest BCUT2D eigenvalue weighted by Gasteiger charge is 2.39. The molecule has 114 valence electrons. The number of sulfonamides is 1. The number of carbonyl (C=O) groups excluding carboxylic acids is 1. The molecule has 0 bridgehead atoms. The Bertz CT molecular complexity index is 599. The van der Waals surface area contributed by atoms with Crippen LogP contribution in [0, 0.1) is 0 Å². The molecule has 7 nitrogen and oxygen atoms in total. The standard InChI is InChI=1S/C11H18ClN3O4S/c1-5-6-11(2,10(16)19-4)14-20(17,18)9-8(12)15(3)7-13-9/h7,14H,5-6H2,1-4H3/t11-/m1/s1. The first-order valence-electron chi connectivity index (χ1n) is 5.97. The molecule has 0 fully saturated rings. The van der Waals surface area contributed by atoms with Gasteiger partial charge in [-0.25, -0.2) is 13.4 Å². The van der Waals surface area contributed by atoms with Gasteiger partial charge in [0.05, 0.1) is 13.4 Å². The molecule has 0 radical (unpaired) electrons. The molecule has 1 rings (SSSR count). The Morgan fingerprint density at radius 2 is 2.20 bits per heavy atom. The van der Waals surface area contributed by atoms with Gasteiger partial charge in [-0.3, -0.25) is 4.79 Å². The number of carbonyl (C=O) groups is 1. The predicted octanol–water partition coefficient (Wildman–Crippen LogP) is 1.08. The average molecular weight is 324 g/mol. The third kappa shape index (κ3) is 3.31. The van der Waals surface area contributed by atoms with E-state index in [1.54, 1.807) is 7.05 Å². The SMILES string of the molecule is CCC[C@@](C)(NS(=O)(=O)c1ncn(C)c1Cl)C(=O)OC. The molecule has 0 aliphatic rings. The van der Waals surface area contributed by atoms with Crippen LogP contribution in [0.15, 0.2) is 11.4 Å². The van der Waals surface area contributed by atoms with Gasteiger partial charge in [0.15, 0.2) is 0 Å². The molecule has 9 heteroatoms. The van der Waals surface area contributed by atoms with Crippen molar-refractivity contribution in [3.05, 3.63) is 11.5 Å². The van der Waals surface area contributed by atoms with E-state index in [9.17, 15) is 13.2 Å². The summed E-state index contributed by atoms with van der Waals surface area (Å²) in [7, 11) is -1.24. The molecule has 20 heavy (non-hydrogen) atoms. The molecular formula is C11H18ClN3O4S. The summed E-state index contributed by atoms with van der Waals surface area (Å²) < 4.78 is 33.0. The molecule has 1 N–H and O–H groups in total. The van der Waals surface area contributed by atoms with Crippen molar-refractivity contribution < 1.29 is 17.9 Å². The number of esters is 1. The van der Waals surface area contributed by atoms with Crippen molar-refractivity contribution in [2.45, 2.75) is 37.3 Å². The van der Waals surface area contributed by atoms with Gasteiger partial charge in [0, 0.05) is 7.05 Å². The summed E-state index contributed by atoms with van der Waals surface area (Å²) in [6.45, 7) is 3.31. The first-order chi connectivity index (χ1) is 9.18. The number of hydrogen-bond donors (Lipinski definition) is 1. The maximum Gasteiger partial charge on any atom is 0.326 e. The molecule has 0 spiro atoms. The van der Waals surface area contributed by atoms with Crippen molar-refractivity contribution >= 4 is 27.6 Å². The van der Waals surface area contributed by atoms with Crippen molar-refractivity contribution in [3.8, 4) is 0 Å². The van der Waals surface area contributed by atoms with Crippen LogP contribution < -0.4 is 4.72 Å². The fourth-order valence-corrected chi connectivity index (χ4v) is 3.66. The summed E-state index contributed by atoms with van der Waals surface area (Å²) in [6.07, 6.45) is 2.18. The van der Waals surface area contributed by atoms with E-state index in [-0.39, 0.29) is 10.2 Å². The number of halogens is 1. The highest BCUT2D eigenvalue weighted by atomic mass is 35.5. The first-order valence-corrected chi connectivity index (χ1v) is 7.83. The van der Waals surface area contributed by atoms with Crippen LogP contribution in [-0.4, -0.2) is 36.6 Å². The summed E-state index contributed by atoms with van der Waals surface area (Å²) in [5.41, 5.74) is -1.36. The molecule has 0 aliphatic heterocycles. The largest absolute Gasteiger partial charge is 0.468 e. The lowest BCUT2D eigenvalue weighted by Crippen LogP contribution is -2.52. The molecule has 0 aliphatic carbocycles. The molecule has 1 atom stereocenters. The summed E-state index contributed by atoms with van der Waals surface area (Å²) in [6, 6.07) is 0. The fraction of sp³-hybridized carbons (Fsp3) is 0.636. The Morgan fingerprint density at radius 3 is 2.60 bits per heavy atom. The number of imidazole rings is 1. The molecule has 0 aromatic carbocycles. The van der Waals surface area contributed by atoms with Crippen molar-refractivity contribution in [1.82, 2.24) is 14.3 Å². The summed E-state index contributed by atoms with van der Waals surface area (Å²) in [5.74, 6) is -0.657. The van der Waals surface area contributed by atoms with E-state index in [2.05, 4.69) is 14.4 Å². The first kappa shape index (κ1) is 16.9. The number of aryl methyl sites for hydroxylation is 1. The van der Waals surface area contributed by atoms with Crippen LogP contribution in [0.1, 0.15) is 26.7 Å². The monoisotopic (exact) mass is 323 g/mol. The lowest BCUT2D eigenvalue weighted by molar-refractivity contribution is -0.147. The van der Waals surface area contributed by atoms with Crippen LogP contribution in [0.5, 0.6) is 0 Å².